The van der Waals surface area contributed by atoms with Gasteiger partial charge in [-0.05, 0) is 55.3 Å². The number of amides is 2. The van der Waals surface area contributed by atoms with Gasteiger partial charge in [0.05, 0.1) is 24.8 Å². The number of rotatable bonds is 8. The van der Waals surface area contributed by atoms with E-state index in [4.69, 9.17) is 13.9 Å². The van der Waals surface area contributed by atoms with Crippen LogP contribution in [0.2, 0.25) is 0 Å². The lowest BCUT2D eigenvalue weighted by atomic mass is 9.93. The van der Waals surface area contributed by atoms with Crippen molar-refractivity contribution in [3.05, 3.63) is 68.8 Å². The predicted octanol–water partition coefficient (Wildman–Crippen LogP) is 4.11. The van der Waals surface area contributed by atoms with Gasteiger partial charge in [0.2, 0.25) is 0 Å². The van der Waals surface area contributed by atoms with Gasteiger partial charge in [-0.15, -0.1) is 11.3 Å². The minimum atomic E-state index is -0.269. The molecule has 0 radical (unpaired) electrons. The Labute approximate surface area is 202 Å². The van der Waals surface area contributed by atoms with Crippen molar-refractivity contribution in [1.29, 1.82) is 0 Å². The zero-order valence-corrected chi connectivity index (χ0v) is 20.2. The number of aryl methyl sites for hydroxylation is 1. The van der Waals surface area contributed by atoms with Crippen LogP contribution in [-0.4, -0.2) is 38.3 Å². The fourth-order valence-corrected chi connectivity index (χ4v) is 4.63. The third-order valence-corrected chi connectivity index (χ3v) is 6.59. The first-order valence-corrected chi connectivity index (χ1v) is 11.9. The SMILES string of the molecule is COc1ccc(CCNC(=O)c2oc3c(c2C)/C(=N/NC(=O)c2cccs2)CCC3)cc1OC. The van der Waals surface area contributed by atoms with Crippen molar-refractivity contribution < 1.29 is 23.5 Å². The number of ether oxygens (including phenoxy) is 2. The van der Waals surface area contributed by atoms with Crippen molar-refractivity contribution in [2.24, 2.45) is 5.10 Å². The van der Waals surface area contributed by atoms with Crippen LogP contribution in [0.15, 0.2) is 45.2 Å². The smallest absolute Gasteiger partial charge is 0.287 e. The van der Waals surface area contributed by atoms with E-state index < -0.39 is 0 Å². The number of thiophene rings is 1. The number of nitrogens with zero attached hydrogens (tertiary/aromatic N) is 1. The Morgan fingerprint density at radius 3 is 2.68 bits per heavy atom. The summed E-state index contributed by atoms with van der Waals surface area (Å²) < 4.78 is 16.5. The number of nitrogens with one attached hydrogen (secondary N) is 2. The van der Waals surface area contributed by atoms with Crippen molar-refractivity contribution in [2.75, 3.05) is 20.8 Å². The average Bonchev–Trinajstić information content (AvgIpc) is 3.51. The van der Waals surface area contributed by atoms with Crippen LogP contribution in [0.5, 0.6) is 11.5 Å². The van der Waals surface area contributed by atoms with Crippen LogP contribution < -0.4 is 20.2 Å². The van der Waals surface area contributed by atoms with Crippen LogP contribution >= 0.6 is 11.3 Å². The maximum absolute atomic E-state index is 12.9. The van der Waals surface area contributed by atoms with E-state index in [9.17, 15) is 9.59 Å². The Hall–Kier alpha value is -3.59. The summed E-state index contributed by atoms with van der Waals surface area (Å²) in [6.45, 7) is 2.30. The number of carbonyl (C=O) groups is 2. The molecule has 34 heavy (non-hydrogen) atoms. The molecule has 1 aromatic carbocycles. The average molecular weight is 482 g/mol. The van der Waals surface area contributed by atoms with Gasteiger partial charge in [-0.1, -0.05) is 12.1 Å². The number of hydrogen-bond donors (Lipinski definition) is 2. The van der Waals surface area contributed by atoms with Gasteiger partial charge in [-0.3, -0.25) is 9.59 Å². The molecule has 0 atom stereocenters. The minimum absolute atomic E-state index is 0.246. The number of furan rings is 1. The highest BCUT2D eigenvalue weighted by molar-refractivity contribution is 7.12. The Kier molecular flexibility index (Phi) is 7.32. The van der Waals surface area contributed by atoms with Crippen LogP contribution in [0.25, 0.3) is 0 Å². The van der Waals surface area contributed by atoms with Gasteiger partial charge in [0, 0.05) is 24.1 Å². The summed E-state index contributed by atoms with van der Waals surface area (Å²) in [5, 5.41) is 9.13. The van der Waals surface area contributed by atoms with Gasteiger partial charge in [-0.25, -0.2) is 5.43 Å². The van der Waals surface area contributed by atoms with Gasteiger partial charge in [0.1, 0.15) is 5.76 Å². The lowest BCUT2D eigenvalue weighted by Gasteiger charge is -2.13. The first-order chi connectivity index (χ1) is 16.5. The molecule has 4 rings (SSSR count). The predicted molar refractivity (Wildman–Crippen MR) is 130 cm³/mol. The summed E-state index contributed by atoms with van der Waals surface area (Å²) in [7, 11) is 3.19. The number of carbonyl (C=O) groups excluding carboxylic acids is 2. The molecule has 2 aromatic heterocycles. The van der Waals surface area contributed by atoms with Crippen LogP contribution in [0, 0.1) is 6.92 Å². The molecule has 0 saturated heterocycles. The summed E-state index contributed by atoms with van der Waals surface area (Å²) in [5.74, 6) is 1.82. The van der Waals surface area contributed by atoms with Crippen molar-refractivity contribution in [3.63, 3.8) is 0 Å². The van der Waals surface area contributed by atoms with E-state index in [-0.39, 0.29) is 17.6 Å². The summed E-state index contributed by atoms with van der Waals surface area (Å²) in [6, 6.07) is 9.26. The number of hydrogen-bond acceptors (Lipinski definition) is 7. The molecule has 178 valence electrons. The normalized spacial score (nSPS) is 13.9. The van der Waals surface area contributed by atoms with Crippen LogP contribution in [0.1, 0.15) is 55.5 Å². The second kappa shape index (κ2) is 10.6. The molecule has 2 heterocycles. The number of methoxy groups -OCH3 is 2. The molecule has 9 heteroatoms. The molecule has 3 aromatic rings. The van der Waals surface area contributed by atoms with Gasteiger partial charge in [0.15, 0.2) is 17.3 Å². The summed E-state index contributed by atoms with van der Waals surface area (Å²) in [6.07, 6.45) is 2.91. The van der Waals surface area contributed by atoms with Crippen molar-refractivity contribution in [1.82, 2.24) is 10.7 Å². The molecule has 2 amide bonds. The molecule has 0 saturated carbocycles. The molecule has 1 aliphatic rings. The second-order valence-electron chi connectivity index (χ2n) is 7.88. The number of fused-ring (bicyclic) bond motifs is 1. The molecule has 0 spiro atoms. The molecule has 8 nitrogen and oxygen atoms in total. The van der Waals surface area contributed by atoms with E-state index in [2.05, 4.69) is 15.8 Å². The summed E-state index contributed by atoms with van der Waals surface area (Å²) in [5.41, 5.74) is 5.94. The molecule has 2 N–H and O–H groups in total. The molecule has 1 aliphatic carbocycles. The number of hydrazone groups is 1. The lowest BCUT2D eigenvalue weighted by molar-refractivity contribution is 0.0922. The van der Waals surface area contributed by atoms with Crippen LogP contribution in [0.3, 0.4) is 0 Å². The van der Waals surface area contributed by atoms with E-state index in [1.54, 1.807) is 20.3 Å². The molecule has 0 fully saturated rings. The van der Waals surface area contributed by atoms with Crippen LogP contribution in [0.4, 0.5) is 0 Å². The Morgan fingerprint density at radius 2 is 1.94 bits per heavy atom. The Morgan fingerprint density at radius 1 is 1.12 bits per heavy atom. The first kappa shape index (κ1) is 23.6. The van der Waals surface area contributed by atoms with Gasteiger partial charge in [0.25, 0.3) is 11.8 Å². The number of benzene rings is 1. The highest BCUT2D eigenvalue weighted by Gasteiger charge is 2.28. The standard InChI is InChI=1S/C25H27N3O5S/c1-15-22-17(27-28-24(29)21-8-5-13-34-21)6-4-7-19(22)33-23(15)25(30)26-12-11-16-9-10-18(31-2)20(14-16)32-3/h5,8-10,13-14H,4,6-7,11-12H2,1-3H3,(H,26,30)(H,28,29)/b27-17+. The highest BCUT2D eigenvalue weighted by Crippen LogP contribution is 2.30. The zero-order valence-electron chi connectivity index (χ0n) is 19.4. The quantitative estimate of drug-likeness (QED) is 0.472. The Balaban J connectivity index is 1.43. The third-order valence-electron chi connectivity index (χ3n) is 5.72. The largest absolute Gasteiger partial charge is 0.493 e. The Bertz CT molecular complexity index is 1210. The topological polar surface area (TPSA) is 102 Å². The molecular formula is C25H27N3O5S. The maximum Gasteiger partial charge on any atom is 0.287 e. The van der Waals surface area contributed by atoms with E-state index in [1.807, 2.05) is 36.6 Å². The monoisotopic (exact) mass is 481 g/mol. The van der Waals surface area contributed by atoms with Crippen molar-refractivity contribution >= 4 is 28.9 Å². The van der Waals surface area contributed by atoms with E-state index in [0.717, 1.165) is 41.0 Å². The second-order valence-corrected chi connectivity index (χ2v) is 8.83. The fourth-order valence-electron chi connectivity index (χ4n) is 4.01. The first-order valence-electron chi connectivity index (χ1n) is 11.0. The zero-order chi connectivity index (χ0) is 24.1. The molecule has 0 bridgehead atoms. The lowest BCUT2D eigenvalue weighted by Crippen LogP contribution is -2.26. The van der Waals surface area contributed by atoms with Gasteiger partial charge in [-0.2, -0.15) is 5.10 Å². The summed E-state index contributed by atoms with van der Waals surface area (Å²) in [4.78, 5) is 25.7. The van der Waals surface area contributed by atoms with Crippen molar-refractivity contribution in [2.45, 2.75) is 32.6 Å². The van der Waals surface area contributed by atoms with Crippen LogP contribution in [-0.2, 0) is 12.8 Å². The van der Waals surface area contributed by atoms with Crippen molar-refractivity contribution in [3.8, 4) is 11.5 Å². The maximum atomic E-state index is 12.9. The van der Waals surface area contributed by atoms with E-state index in [0.29, 0.717) is 35.8 Å². The van der Waals surface area contributed by atoms with E-state index in [1.165, 1.54) is 11.3 Å². The molecule has 0 unspecified atom stereocenters. The van der Waals surface area contributed by atoms with Gasteiger partial charge >= 0.3 is 0 Å². The van der Waals surface area contributed by atoms with E-state index >= 15 is 0 Å². The molecule has 0 aliphatic heterocycles. The third kappa shape index (κ3) is 4.99. The minimum Gasteiger partial charge on any atom is -0.493 e. The highest BCUT2D eigenvalue weighted by atomic mass is 32.1. The summed E-state index contributed by atoms with van der Waals surface area (Å²) >= 11 is 1.36. The van der Waals surface area contributed by atoms with Gasteiger partial charge < -0.3 is 19.2 Å². The molecular weight excluding hydrogens is 454 g/mol. The fraction of sp³-hybridized carbons (Fsp3) is 0.320.